The molecule has 0 saturated carbocycles. The highest BCUT2D eigenvalue weighted by atomic mass is 35.5. The molecule has 0 radical (unpaired) electrons. The summed E-state index contributed by atoms with van der Waals surface area (Å²) in [6.07, 6.45) is 3.94. The van der Waals surface area contributed by atoms with Crippen LogP contribution >= 0.6 is 11.6 Å². The minimum absolute atomic E-state index is 0.103. The molecule has 174 valence electrons. The number of carbonyl (C=O) groups excluding carboxylic acids is 1. The molecular formula is C27H25ClFN3O2. The van der Waals surface area contributed by atoms with Crippen molar-refractivity contribution in [2.24, 2.45) is 10.9 Å². The number of benzene rings is 2. The van der Waals surface area contributed by atoms with Gasteiger partial charge in [0.2, 0.25) is 0 Å². The standard InChI is InChI=1S/C27H25ClFN3O2/c1-17(16-33)24(14-21-5-2-3-12-30-21)32-27(34)22-6-4-7-23(29)26(22)25-13-19(15-31-25)18-8-10-20(28)11-9-18/h2-13,17,24,33H,14-16H2,1H3,(H,32,34)/t17?,24-/m1/s1. The van der Waals surface area contributed by atoms with Gasteiger partial charge in [-0.25, -0.2) is 4.39 Å². The van der Waals surface area contributed by atoms with Crippen molar-refractivity contribution in [2.75, 3.05) is 13.2 Å². The third-order valence-electron chi connectivity index (χ3n) is 5.91. The molecule has 0 bridgehead atoms. The molecule has 4 rings (SSSR count). The fraction of sp³-hybridized carbons (Fsp3) is 0.222. The molecule has 0 fully saturated rings. The van der Waals surface area contributed by atoms with E-state index < -0.39 is 11.7 Å². The molecule has 1 aliphatic rings. The van der Waals surface area contributed by atoms with Crippen LogP contribution in [0.4, 0.5) is 4.39 Å². The summed E-state index contributed by atoms with van der Waals surface area (Å²) in [7, 11) is 0. The highest BCUT2D eigenvalue weighted by Crippen LogP contribution is 2.26. The minimum atomic E-state index is -0.517. The van der Waals surface area contributed by atoms with E-state index in [2.05, 4.69) is 15.3 Å². The number of aliphatic imine (C=N–C) groups is 1. The maximum atomic E-state index is 15.0. The van der Waals surface area contributed by atoms with Gasteiger partial charge in [0.05, 0.1) is 17.8 Å². The molecule has 1 amide bonds. The first kappa shape index (κ1) is 23.8. The van der Waals surface area contributed by atoms with Gasteiger partial charge in [-0.1, -0.05) is 42.8 Å². The van der Waals surface area contributed by atoms with Crippen LogP contribution in [0.25, 0.3) is 5.57 Å². The number of amides is 1. The van der Waals surface area contributed by atoms with Gasteiger partial charge in [0.1, 0.15) is 5.82 Å². The average Bonchev–Trinajstić information content (AvgIpc) is 3.33. The Morgan fingerprint density at radius 3 is 2.65 bits per heavy atom. The number of hydrogen-bond donors (Lipinski definition) is 2. The first-order valence-corrected chi connectivity index (χ1v) is 11.5. The molecule has 1 aliphatic heterocycles. The Bertz CT molecular complexity index is 1230. The number of aromatic nitrogens is 1. The molecule has 0 aliphatic carbocycles. The van der Waals surface area contributed by atoms with Crippen molar-refractivity contribution in [1.29, 1.82) is 0 Å². The van der Waals surface area contributed by atoms with E-state index in [-0.39, 0.29) is 29.7 Å². The summed E-state index contributed by atoms with van der Waals surface area (Å²) in [6.45, 7) is 2.13. The first-order valence-electron chi connectivity index (χ1n) is 11.1. The zero-order valence-electron chi connectivity index (χ0n) is 18.7. The molecular weight excluding hydrogens is 453 g/mol. The second kappa shape index (κ2) is 10.7. The monoisotopic (exact) mass is 477 g/mol. The van der Waals surface area contributed by atoms with Gasteiger partial charge in [-0.3, -0.25) is 14.8 Å². The highest BCUT2D eigenvalue weighted by molar-refractivity contribution is 6.30. The molecule has 34 heavy (non-hydrogen) atoms. The molecule has 5 nitrogen and oxygen atoms in total. The quantitative estimate of drug-likeness (QED) is 0.492. The van der Waals surface area contributed by atoms with Crippen LogP contribution in [0.5, 0.6) is 0 Å². The minimum Gasteiger partial charge on any atom is -0.396 e. The second-order valence-electron chi connectivity index (χ2n) is 8.31. The molecule has 2 aromatic carbocycles. The number of nitrogens with one attached hydrogen (secondary N) is 1. The summed E-state index contributed by atoms with van der Waals surface area (Å²) in [5, 5.41) is 13.3. The Balaban J connectivity index is 1.60. The Labute approximate surface area is 203 Å². The molecule has 3 aromatic rings. The van der Waals surface area contributed by atoms with Gasteiger partial charge in [-0.15, -0.1) is 0 Å². The number of carbonyl (C=O) groups is 1. The van der Waals surface area contributed by atoms with Gasteiger partial charge < -0.3 is 10.4 Å². The third-order valence-corrected chi connectivity index (χ3v) is 6.16. The molecule has 2 N–H and O–H groups in total. The summed E-state index contributed by atoms with van der Waals surface area (Å²) in [5.74, 6) is -1.16. The molecule has 7 heteroatoms. The Morgan fingerprint density at radius 1 is 1.15 bits per heavy atom. The SMILES string of the molecule is CC(CO)[C@@H](Cc1ccccn1)NC(=O)c1cccc(F)c1C1=NCC(c2ccc(Cl)cc2)=C1. The van der Waals surface area contributed by atoms with Crippen molar-refractivity contribution in [3.63, 3.8) is 0 Å². The number of aliphatic hydroxyl groups excluding tert-OH is 1. The van der Waals surface area contributed by atoms with Crippen LogP contribution < -0.4 is 5.32 Å². The lowest BCUT2D eigenvalue weighted by Crippen LogP contribution is -2.42. The van der Waals surface area contributed by atoms with E-state index in [1.807, 2.05) is 37.3 Å². The highest BCUT2D eigenvalue weighted by Gasteiger charge is 2.25. The van der Waals surface area contributed by atoms with Crippen LogP contribution in [-0.4, -0.2) is 40.9 Å². The molecule has 2 heterocycles. The van der Waals surface area contributed by atoms with Crippen LogP contribution in [0.2, 0.25) is 5.02 Å². The van der Waals surface area contributed by atoms with Crippen molar-refractivity contribution in [2.45, 2.75) is 19.4 Å². The van der Waals surface area contributed by atoms with Gasteiger partial charge in [0.15, 0.2) is 0 Å². The van der Waals surface area contributed by atoms with E-state index in [0.29, 0.717) is 23.7 Å². The Kier molecular flexibility index (Phi) is 7.50. The van der Waals surface area contributed by atoms with Crippen molar-refractivity contribution >= 4 is 28.8 Å². The number of aliphatic hydroxyl groups is 1. The second-order valence-corrected chi connectivity index (χ2v) is 8.74. The number of pyridine rings is 1. The number of allylic oxidation sites excluding steroid dienone is 1. The number of halogens is 2. The smallest absolute Gasteiger partial charge is 0.252 e. The topological polar surface area (TPSA) is 74.6 Å². The molecule has 2 atom stereocenters. The fourth-order valence-corrected chi connectivity index (χ4v) is 4.03. The van der Waals surface area contributed by atoms with Crippen molar-refractivity contribution in [3.05, 3.63) is 106 Å². The summed E-state index contributed by atoms with van der Waals surface area (Å²) in [4.78, 5) is 22.1. The zero-order chi connectivity index (χ0) is 24.1. The predicted octanol–water partition coefficient (Wildman–Crippen LogP) is 4.73. The van der Waals surface area contributed by atoms with E-state index in [4.69, 9.17) is 11.6 Å². The Morgan fingerprint density at radius 2 is 1.94 bits per heavy atom. The zero-order valence-corrected chi connectivity index (χ0v) is 19.5. The Hall–Kier alpha value is -3.35. The van der Waals surface area contributed by atoms with E-state index in [1.165, 1.54) is 12.1 Å². The van der Waals surface area contributed by atoms with E-state index in [1.54, 1.807) is 30.5 Å². The van der Waals surface area contributed by atoms with Gasteiger partial charge in [-0.05, 0) is 59.5 Å². The van der Waals surface area contributed by atoms with Gasteiger partial charge in [-0.2, -0.15) is 0 Å². The van der Waals surface area contributed by atoms with E-state index in [0.717, 1.165) is 16.8 Å². The number of rotatable bonds is 8. The van der Waals surface area contributed by atoms with E-state index in [9.17, 15) is 14.3 Å². The molecule has 1 unspecified atom stereocenters. The van der Waals surface area contributed by atoms with Crippen molar-refractivity contribution < 1.29 is 14.3 Å². The van der Waals surface area contributed by atoms with E-state index >= 15 is 0 Å². The first-order chi connectivity index (χ1) is 16.5. The fourth-order valence-electron chi connectivity index (χ4n) is 3.90. The summed E-state index contributed by atoms with van der Waals surface area (Å²) >= 11 is 5.98. The number of nitrogens with zero attached hydrogens (tertiary/aromatic N) is 2. The molecule has 1 aromatic heterocycles. The lowest BCUT2D eigenvalue weighted by atomic mass is 9.95. The largest absolute Gasteiger partial charge is 0.396 e. The lowest BCUT2D eigenvalue weighted by Gasteiger charge is -2.24. The molecule has 0 spiro atoms. The van der Waals surface area contributed by atoms with Crippen LogP contribution in [0.15, 0.2) is 77.9 Å². The lowest BCUT2D eigenvalue weighted by molar-refractivity contribution is 0.0908. The summed E-state index contributed by atoms with van der Waals surface area (Å²) in [6, 6.07) is 17.0. The molecule has 0 saturated heterocycles. The predicted molar refractivity (Wildman–Crippen MR) is 133 cm³/mol. The van der Waals surface area contributed by atoms with Crippen LogP contribution in [0.1, 0.15) is 34.1 Å². The summed E-state index contributed by atoms with van der Waals surface area (Å²) < 4.78 is 15.0. The maximum Gasteiger partial charge on any atom is 0.252 e. The van der Waals surface area contributed by atoms with Crippen molar-refractivity contribution in [1.82, 2.24) is 10.3 Å². The summed E-state index contributed by atoms with van der Waals surface area (Å²) in [5.41, 5.74) is 3.44. The van der Waals surface area contributed by atoms with Gasteiger partial charge in [0, 0.05) is 41.5 Å². The number of hydrogen-bond acceptors (Lipinski definition) is 4. The average molecular weight is 478 g/mol. The van der Waals surface area contributed by atoms with Crippen molar-refractivity contribution in [3.8, 4) is 0 Å². The maximum absolute atomic E-state index is 15.0. The normalized spacial score (nSPS) is 14.8. The van der Waals surface area contributed by atoms with Gasteiger partial charge >= 0.3 is 0 Å². The van der Waals surface area contributed by atoms with Crippen LogP contribution in [0.3, 0.4) is 0 Å². The van der Waals surface area contributed by atoms with Crippen LogP contribution in [0, 0.1) is 11.7 Å². The van der Waals surface area contributed by atoms with Gasteiger partial charge in [0.25, 0.3) is 5.91 Å². The van der Waals surface area contributed by atoms with Crippen LogP contribution in [-0.2, 0) is 6.42 Å². The third kappa shape index (κ3) is 5.41.